The largest absolute Gasteiger partial charge is 0.356 e. The Balaban J connectivity index is 3.84. The van der Waals surface area contributed by atoms with Crippen LogP contribution in [0.3, 0.4) is 0 Å². The SMILES string of the molecule is CCCCNC(=O)CCC(NC)C(=O)NCCCC. The van der Waals surface area contributed by atoms with E-state index in [2.05, 4.69) is 29.8 Å². The summed E-state index contributed by atoms with van der Waals surface area (Å²) in [5.41, 5.74) is 0. The Morgan fingerprint density at radius 1 is 1.00 bits per heavy atom. The third-order valence-electron chi connectivity index (χ3n) is 3.01. The Hall–Kier alpha value is -1.10. The van der Waals surface area contributed by atoms with Crippen LogP contribution in [0.5, 0.6) is 0 Å². The van der Waals surface area contributed by atoms with E-state index in [9.17, 15) is 9.59 Å². The van der Waals surface area contributed by atoms with E-state index in [1.54, 1.807) is 7.05 Å². The summed E-state index contributed by atoms with van der Waals surface area (Å²) in [6.45, 7) is 5.60. The fourth-order valence-corrected chi connectivity index (χ4v) is 1.69. The van der Waals surface area contributed by atoms with Gasteiger partial charge in [0.15, 0.2) is 0 Å². The second-order valence-corrected chi connectivity index (χ2v) is 4.73. The van der Waals surface area contributed by atoms with Crippen molar-refractivity contribution in [3.05, 3.63) is 0 Å². The molecule has 0 rings (SSSR count). The highest BCUT2D eigenvalue weighted by atomic mass is 16.2. The van der Waals surface area contributed by atoms with Crippen molar-refractivity contribution in [2.75, 3.05) is 20.1 Å². The predicted octanol–water partition coefficient (Wildman–Crippen LogP) is 1.19. The average Bonchev–Trinajstić information content (AvgIpc) is 2.40. The Morgan fingerprint density at radius 3 is 2.11 bits per heavy atom. The van der Waals surface area contributed by atoms with E-state index < -0.39 is 0 Å². The number of nitrogens with one attached hydrogen (secondary N) is 3. The van der Waals surface area contributed by atoms with E-state index in [0.29, 0.717) is 19.4 Å². The summed E-state index contributed by atoms with van der Waals surface area (Å²) in [4.78, 5) is 23.4. The molecule has 112 valence electrons. The summed E-state index contributed by atoms with van der Waals surface area (Å²) >= 11 is 0. The Labute approximate surface area is 116 Å². The van der Waals surface area contributed by atoms with Gasteiger partial charge < -0.3 is 16.0 Å². The van der Waals surface area contributed by atoms with Gasteiger partial charge in [-0.05, 0) is 26.3 Å². The Kier molecular flexibility index (Phi) is 11.3. The minimum absolute atomic E-state index is 0.0164. The van der Waals surface area contributed by atoms with Gasteiger partial charge >= 0.3 is 0 Å². The fourth-order valence-electron chi connectivity index (χ4n) is 1.69. The second-order valence-electron chi connectivity index (χ2n) is 4.73. The zero-order valence-corrected chi connectivity index (χ0v) is 12.6. The number of amides is 2. The topological polar surface area (TPSA) is 70.2 Å². The summed E-state index contributed by atoms with van der Waals surface area (Å²) in [6.07, 6.45) is 5.03. The van der Waals surface area contributed by atoms with Crippen LogP contribution in [0.25, 0.3) is 0 Å². The molecule has 5 heteroatoms. The van der Waals surface area contributed by atoms with Gasteiger partial charge in [-0.2, -0.15) is 0 Å². The number of carbonyl (C=O) groups is 2. The van der Waals surface area contributed by atoms with Crippen molar-refractivity contribution in [3.63, 3.8) is 0 Å². The standard InChI is InChI=1S/C14H29N3O2/c1-4-6-10-16-13(18)9-8-12(15-3)14(19)17-11-7-5-2/h12,15H,4-11H2,1-3H3,(H,16,18)(H,17,19). The maximum atomic E-state index is 11.8. The zero-order chi connectivity index (χ0) is 14.5. The predicted molar refractivity (Wildman–Crippen MR) is 77.9 cm³/mol. The van der Waals surface area contributed by atoms with Crippen LogP contribution in [-0.4, -0.2) is 38.0 Å². The van der Waals surface area contributed by atoms with Gasteiger partial charge in [0.1, 0.15) is 0 Å². The van der Waals surface area contributed by atoms with Crippen molar-refractivity contribution in [1.82, 2.24) is 16.0 Å². The van der Waals surface area contributed by atoms with Crippen molar-refractivity contribution >= 4 is 11.8 Å². The lowest BCUT2D eigenvalue weighted by Crippen LogP contribution is -2.43. The molecule has 0 radical (unpaired) electrons. The highest BCUT2D eigenvalue weighted by molar-refractivity contribution is 5.83. The normalized spacial score (nSPS) is 11.9. The van der Waals surface area contributed by atoms with E-state index in [1.165, 1.54) is 0 Å². The number of hydrogen-bond donors (Lipinski definition) is 3. The third-order valence-corrected chi connectivity index (χ3v) is 3.01. The third kappa shape index (κ3) is 9.47. The van der Waals surface area contributed by atoms with E-state index >= 15 is 0 Å². The molecular weight excluding hydrogens is 242 g/mol. The van der Waals surface area contributed by atoms with E-state index in [0.717, 1.165) is 32.2 Å². The van der Waals surface area contributed by atoms with Crippen molar-refractivity contribution < 1.29 is 9.59 Å². The summed E-state index contributed by atoms with van der Waals surface area (Å²) in [5.74, 6) is 0.00682. The average molecular weight is 271 g/mol. The molecular formula is C14H29N3O2. The lowest BCUT2D eigenvalue weighted by Gasteiger charge is -2.15. The number of carbonyl (C=O) groups excluding carboxylic acids is 2. The van der Waals surface area contributed by atoms with Crippen LogP contribution >= 0.6 is 0 Å². The molecule has 1 atom stereocenters. The van der Waals surface area contributed by atoms with Crippen molar-refractivity contribution in [2.45, 2.75) is 58.4 Å². The molecule has 0 aliphatic carbocycles. The molecule has 1 unspecified atom stereocenters. The molecule has 0 heterocycles. The van der Waals surface area contributed by atoms with Gasteiger partial charge in [-0.3, -0.25) is 9.59 Å². The van der Waals surface area contributed by atoms with Crippen molar-refractivity contribution in [2.24, 2.45) is 0 Å². The molecule has 0 aromatic heterocycles. The van der Waals surface area contributed by atoms with Crippen LogP contribution in [0.15, 0.2) is 0 Å². The van der Waals surface area contributed by atoms with E-state index in [1.807, 2.05) is 0 Å². The molecule has 19 heavy (non-hydrogen) atoms. The van der Waals surface area contributed by atoms with Gasteiger partial charge in [-0.25, -0.2) is 0 Å². The summed E-state index contributed by atoms with van der Waals surface area (Å²) in [6, 6.07) is -0.284. The smallest absolute Gasteiger partial charge is 0.237 e. The molecule has 0 bridgehead atoms. The maximum Gasteiger partial charge on any atom is 0.237 e. The van der Waals surface area contributed by atoms with Gasteiger partial charge in [0.05, 0.1) is 6.04 Å². The molecule has 3 N–H and O–H groups in total. The lowest BCUT2D eigenvalue weighted by molar-refractivity contribution is -0.124. The zero-order valence-electron chi connectivity index (χ0n) is 12.6. The molecule has 0 saturated carbocycles. The Bertz CT molecular complexity index is 257. The molecule has 0 aromatic carbocycles. The van der Waals surface area contributed by atoms with E-state index in [-0.39, 0.29) is 17.9 Å². The van der Waals surface area contributed by atoms with Crippen LogP contribution in [-0.2, 0) is 9.59 Å². The van der Waals surface area contributed by atoms with Crippen LogP contribution in [0.1, 0.15) is 52.4 Å². The lowest BCUT2D eigenvalue weighted by atomic mass is 10.1. The first kappa shape index (κ1) is 17.9. The number of unbranched alkanes of at least 4 members (excludes halogenated alkanes) is 2. The van der Waals surface area contributed by atoms with Crippen LogP contribution in [0, 0.1) is 0 Å². The molecule has 0 saturated heterocycles. The monoisotopic (exact) mass is 271 g/mol. The van der Waals surface area contributed by atoms with Crippen molar-refractivity contribution in [1.29, 1.82) is 0 Å². The summed E-state index contributed by atoms with van der Waals surface area (Å²) in [5, 5.41) is 8.69. The number of hydrogen-bond acceptors (Lipinski definition) is 3. The molecule has 5 nitrogen and oxygen atoms in total. The van der Waals surface area contributed by atoms with Crippen molar-refractivity contribution in [3.8, 4) is 0 Å². The first-order valence-corrected chi connectivity index (χ1v) is 7.37. The first-order chi connectivity index (χ1) is 9.15. The van der Waals surface area contributed by atoms with Gasteiger partial charge in [-0.1, -0.05) is 26.7 Å². The summed E-state index contributed by atoms with van der Waals surface area (Å²) in [7, 11) is 1.75. The minimum atomic E-state index is -0.284. The van der Waals surface area contributed by atoms with Gasteiger partial charge in [-0.15, -0.1) is 0 Å². The van der Waals surface area contributed by atoms with Crippen LogP contribution in [0.2, 0.25) is 0 Å². The Morgan fingerprint density at radius 2 is 1.58 bits per heavy atom. The molecule has 0 aliphatic rings. The van der Waals surface area contributed by atoms with Gasteiger partial charge in [0.25, 0.3) is 0 Å². The molecule has 0 aliphatic heterocycles. The molecule has 0 fully saturated rings. The maximum absolute atomic E-state index is 11.8. The van der Waals surface area contributed by atoms with Crippen LogP contribution in [0.4, 0.5) is 0 Å². The highest BCUT2D eigenvalue weighted by Gasteiger charge is 2.16. The quantitative estimate of drug-likeness (QED) is 0.494. The second kappa shape index (κ2) is 12.0. The van der Waals surface area contributed by atoms with Gasteiger partial charge in [0, 0.05) is 19.5 Å². The molecule has 2 amide bonds. The van der Waals surface area contributed by atoms with Crippen LogP contribution < -0.4 is 16.0 Å². The number of rotatable bonds is 11. The highest BCUT2D eigenvalue weighted by Crippen LogP contribution is 1.98. The van der Waals surface area contributed by atoms with E-state index in [4.69, 9.17) is 0 Å². The number of likely N-dealkylation sites (N-methyl/N-ethyl adjacent to an activating group) is 1. The van der Waals surface area contributed by atoms with Gasteiger partial charge in [0.2, 0.25) is 11.8 Å². The first-order valence-electron chi connectivity index (χ1n) is 7.37. The fraction of sp³-hybridized carbons (Fsp3) is 0.857. The molecule has 0 aromatic rings. The minimum Gasteiger partial charge on any atom is -0.356 e. The molecule has 0 spiro atoms. The summed E-state index contributed by atoms with van der Waals surface area (Å²) < 4.78 is 0.